The van der Waals surface area contributed by atoms with Gasteiger partial charge in [-0.05, 0) is 11.6 Å². The van der Waals surface area contributed by atoms with Gasteiger partial charge in [0.1, 0.15) is 11.8 Å². The minimum atomic E-state index is -2.91. The predicted molar refractivity (Wildman–Crippen MR) is 48.8 cm³/mol. The number of halogens is 2. The van der Waals surface area contributed by atoms with Crippen LogP contribution in [0.4, 0.5) is 8.78 Å². The third-order valence-corrected chi connectivity index (χ3v) is 1.88. The van der Waals surface area contributed by atoms with Gasteiger partial charge < -0.3 is 10.8 Å². The third-order valence-electron chi connectivity index (χ3n) is 1.88. The molecule has 0 aliphatic heterocycles. The van der Waals surface area contributed by atoms with Crippen LogP contribution in [0.15, 0.2) is 6.07 Å². The third kappa shape index (κ3) is 2.12. The second kappa shape index (κ2) is 4.63. The van der Waals surface area contributed by atoms with Gasteiger partial charge in [0.25, 0.3) is 6.43 Å². The van der Waals surface area contributed by atoms with Crippen LogP contribution >= 0.6 is 0 Å². The molecular weight excluding hydrogens is 220 g/mol. The molecule has 0 spiro atoms. The summed E-state index contributed by atoms with van der Waals surface area (Å²) in [7, 11) is 0. The largest absolute Gasteiger partial charge is 0.476 e. The molecule has 7 heteroatoms. The number of carboxylic acid groups (broad SMARTS) is 1. The summed E-state index contributed by atoms with van der Waals surface area (Å²) < 4.78 is 24.8. The van der Waals surface area contributed by atoms with Gasteiger partial charge in [-0.2, -0.15) is 5.26 Å². The van der Waals surface area contributed by atoms with Gasteiger partial charge in [0.05, 0.1) is 5.56 Å². The molecule has 1 heterocycles. The van der Waals surface area contributed by atoms with Gasteiger partial charge in [-0.1, -0.05) is 0 Å². The van der Waals surface area contributed by atoms with Crippen LogP contribution in [0, 0.1) is 11.3 Å². The number of nitrogens with zero attached hydrogens (tertiary/aromatic N) is 2. The van der Waals surface area contributed by atoms with Gasteiger partial charge in [-0.15, -0.1) is 0 Å². The van der Waals surface area contributed by atoms with E-state index in [4.69, 9.17) is 16.1 Å². The molecule has 0 amide bonds. The SMILES string of the molecule is N#Cc1c(CN)cc(C(F)F)nc1C(=O)O. The molecule has 0 aromatic carbocycles. The lowest BCUT2D eigenvalue weighted by Gasteiger charge is -2.07. The topological polar surface area (TPSA) is 100 Å². The smallest absolute Gasteiger partial charge is 0.355 e. The molecule has 0 fully saturated rings. The van der Waals surface area contributed by atoms with Crippen molar-refractivity contribution in [2.45, 2.75) is 13.0 Å². The van der Waals surface area contributed by atoms with Crippen molar-refractivity contribution in [3.8, 4) is 6.07 Å². The van der Waals surface area contributed by atoms with Crippen LogP contribution in [0.5, 0.6) is 0 Å². The molecule has 1 rings (SSSR count). The van der Waals surface area contributed by atoms with Crippen LogP contribution in [0.1, 0.15) is 33.7 Å². The van der Waals surface area contributed by atoms with Gasteiger partial charge in [-0.3, -0.25) is 0 Å². The monoisotopic (exact) mass is 227 g/mol. The molecule has 0 aliphatic carbocycles. The Balaban J connectivity index is 3.51. The summed E-state index contributed by atoms with van der Waals surface area (Å²) >= 11 is 0. The number of hydrogen-bond donors (Lipinski definition) is 2. The van der Waals surface area contributed by atoms with E-state index in [-0.39, 0.29) is 17.7 Å². The van der Waals surface area contributed by atoms with Gasteiger partial charge in [0.2, 0.25) is 0 Å². The first-order valence-corrected chi connectivity index (χ1v) is 4.16. The van der Waals surface area contributed by atoms with Crippen LogP contribution in [-0.4, -0.2) is 16.1 Å². The van der Waals surface area contributed by atoms with Crippen LogP contribution < -0.4 is 5.73 Å². The molecule has 84 valence electrons. The summed E-state index contributed by atoms with van der Waals surface area (Å²) in [5.74, 6) is -1.53. The number of aromatic carboxylic acids is 1. The number of hydrogen-bond acceptors (Lipinski definition) is 4. The molecule has 0 unspecified atom stereocenters. The van der Waals surface area contributed by atoms with E-state index in [1.807, 2.05) is 0 Å². The Hall–Kier alpha value is -2.07. The van der Waals surface area contributed by atoms with E-state index in [0.29, 0.717) is 0 Å². The molecule has 0 bridgehead atoms. The van der Waals surface area contributed by atoms with E-state index >= 15 is 0 Å². The molecule has 3 N–H and O–H groups in total. The van der Waals surface area contributed by atoms with Crippen molar-refractivity contribution in [2.24, 2.45) is 5.73 Å². The molecule has 0 atom stereocenters. The van der Waals surface area contributed by atoms with E-state index in [0.717, 1.165) is 6.07 Å². The second-order valence-electron chi connectivity index (χ2n) is 2.85. The highest BCUT2D eigenvalue weighted by Gasteiger charge is 2.20. The maximum Gasteiger partial charge on any atom is 0.355 e. The van der Waals surface area contributed by atoms with Crippen molar-refractivity contribution in [3.05, 3.63) is 28.6 Å². The van der Waals surface area contributed by atoms with Crippen LogP contribution in [0.2, 0.25) is 0 Å². The zero-order valence-electron chi connectivity index (χ0n) is 7.94. The number of carbonyl (C=O) groups is 1. The normalized spacial score (nSPS) is 10.2. The van der Waals surface area contributed by atoms with Crippen molar-refractivity contribution < 1.29 is 18.7 Å². The average molecular weight is 227 g/mol. The maximum absolute atomic E-state index is 12.4. The minimum absolute atomic E-state index is 0.0465. The lowest BCUT2D eigenvalue weighted by Crippen LogP contribution is -2.12. The zero-order chi connectivity index (χ0) is 12.3. The summed E-state index contributed by atoms with van der Waals surface area (Å²) in [6.07, 6.45) is -2.91. The van der Waals surface area contributed by atoms with Crippen molar-refractivity contribution in [1.82, 2.24) is 4.98 Å². The van der Waals surface area contributed by atoms with Crippen LogP contribution in [0.25, 0.3) is 0 Å². The average Bonchev–Trinajstić information content (AvgIpc) is 2.26. The lowest BCUT2D eigenvalue weighted by atomic mass is 10.1. The maximum atomic E-state index is 12.4. The molecule has 16 heavy (non-hydrogen) atoms. The first-order chi connectivity index (χ1) is 7.51. The van der Waals surface area contributed by atoms with Gasteiger partial charge in [0, 0.05) is 6.54 Å². The number of aromatic nitrogens is 1. The molecule has 1 aromatic rings. The summed E-state index contributed by atoms with van der Waals surface area (Å²) in [6, 6.07) is 2.53. The Bertz CT molecular complexity index is 469. The van der Waals surface area contributed by atoms with E-state index in [9.17, 15) is 13.6 Å². The molecular formula is C9H7F2N3O2. The van der Waals surface area contributed by atoms with E-state index < -0.39 is 23.8 Å². The first kappa shape index (κ1) is 12.0. The van der Waals surface area contributed by atoms with Crippen molar-refractivity contribution >= 4 is 5.97 Å². The predicted octanol–water partition coefficient (Wildman–Crippen LogP) is 1.05. The lowest BCUT2D eigenvalue weighted by molar-refractivity contribution is 0.0688. The molecule has 1 aromatic heterocycles. The fraction of sp³-hybridized carbons (Fsp3) is 0.222. The standard InChI is InChI=1S/C9H7F2N3O2/c10-8(11)6-1-4(2-12)5(3-13)7(14-6)9(15)16/h1,8H,2,12H2,(H,15,16). The van der Waals surface area contributed by atoms with E-state index in [2.05, 4.69) is 4.98 Å². The van der Waals surface area contributed by atoms with Crippen LogP contribution in [0.3, 0.4) is 0 Å². The Morgan fingerprint density at radius 1 is 1.69 bits per heavy atom. The summed E-state index contributed by atoms with van der Waals surface area (Å²) in [4.78, 5) is 13.9. The van der Waals surface area contributed by atoms with Crippen molar-refractivity contribution in [3.63, 3.8) is 0 Å². The summed E-state index contributed by atoms with van der Waals surface area (Å²) in [5, 5.41) is 17.4. The Labute approximate surface area is 89.1 Å². The quantitative estimate of drug-likeness (QED) is 0.803. The number of carboxylic acids is 1. The Morgan fingerprint density at radius 2 is 2.31 bits per heavy atom. The fourth-order valence-corrected chi connectivity index (χ4v) is 1.17. The number of pyridine rings is 1. The summed E-state index contributed by atoms with van der Waals surface area (Å²) in [5.41, 5.74) is 3.62. The van der Waals surface area contributed by atoms with Crippen LogP contribution in [-0.2, 0) is 6.54 Å². The molecule has 0 radical (unpaired) electrons. The van der Waals surface area contributed by atoms with E-state index in [1.54, 1.807) is 6.07 Å². The van der Waals surface area contributed by atoms with Gasteiger partial charge in [0.15, 0.2) is 5.69 Å². The first-order valence-electron chi connectivity index (χ1n) is 4.16. The Kier molecular flexibility index (Phi) is 3.48. The second-order valence-corrected chi connectivity index (χ2v) is 2.85. The molecule has 0 aliphatic rings. The van der Waals surface area contributed by atoms with E-state index in [1.165, 1.54) is 0 Å². The molecule has 0 saturated heterocycles. The highest BCUT2D eigenvalue weighted by atomic mass is 19.3. The molecule has 0 saturated carbocycles. The number of nitrogens with two attached hydrogens (primary N) is 1. The fourth-order valence-electron chi connectivity index (χ4n) is 1.17. The van der Waals surface area contributed by atoms with Crippen molar-refractivity contribution in [1.29, 1.82) is 5.26 Å². The number of nitriles is 1. The number of rotatable bonds is 3. The highest BCUT2D eigenvalue weighted by molar-refractivity contribution is 5.88. The van der Waals surface area contributed by atoms with Gasteiger partial charge >= 0.3 is 5.97 Å². The Morgan fingerprint density at radius 3 is 2.69 bits per heavy atom. The number of alkyl halides is 2. The summed E-state index contributed by atoms with van der Waals surface area (Å²) in [6.45, 7) is -0.203. The van der Waals surface area contributed by atoms with Crippen molar-refractivity contribution in [2.75, 3.05) is 0 Å². The zero-order valence-corrected chi connectivity index (χ0v) is 7.94. The highest BCUT2D eigenvalue weighted by Crippen LogP contribution is 2.21. The minimum Gasteiger partial charge on any atom is -0.476 e. The molecule has 5 nitrogen and oxygen atoms in total. The van der Waals surface area contributed by atoms with Gasteiger partial charge in [-0.25, -0.2) is 18.6 Å².